The molecule has 0 spiro atoms. The van der Waals surface area contributed by atoms with Gasteiger partial charge in [0.15, 0.2) is 5.82 Å². The van der Waals surface area contributed by atoms with E-state index >= 15 is 0 Å². The molecule has 18 heavy (non-hydrogen) atoms. The Labute approximate surface area is 108 Å². The summed E-state index contributed by atoms with van der Waals surface area (Å²) in [4.78, 5) is 16.3. The lowest BCUT2D eigenvalue weighted by molar-refractivity contribution is 0.383. The van der Waals surface area contributed by atoms with Crippen molar-refractivity contribution in [3.8, 4) is 0 Å². The molecule has 0 aliphatic heterocycles. The van der Waals surface area contributed by atoms with E-state index in [1.807, 2.05) is 20.8 Å². The Hall–Kier alpha value is -1.36. The standard InChI is InChI=1S/C13H24N4O/c1-5-6-10(14)9-16-11-12(18)17(8-7-15-11)13(2,3)4/h7-8,10H,5-6,9,14H2,1-4H3,(H,15,16). The summed E-state index contributed by atoms with van der Waals surface area (Å²) in [5, 5.41) is 3.04. The minimum Gasteiger partial charge on any atom is -0.364 e. The van der Waals surface area contributed by atoms with Crippen molar-refractivity contribution in [3.63, 3.8) is 0 Å². The average molecular weight is 252 g/mol. The van der Waals surface area contributed by atoms with Gasteiger partial charge in [-0.3, -0.25) is 4.79 Å². The number of aromatic nitrogens is 2. The smallest absolute Gasteiger partial charge is 0.293 e. The van der Waals surface area contributed by atoms with Crippen molar-refractivity contribution in [2.24, 2.45) is 5.73 Å². The molecular weight excluding hydrogens is 228 g/mol. The summed E-state index contributed by atoms with van der Waals surface area (Å²) < 4.78 is 1.67. The molecule has 1 aromatic heterocycles. The second-order valence-corrected chi connectivity index (χ2v) is 5.55. The first-order valence-electron chi connectivity index (χ1n) is 6.44. The molecule has 5 heteroatoms. The Bertz CT molecular complexity index is 433. The predicted octanol–water partition coefficient (Wildman–Crippen LogP) is 1.54. The van der Waals surface area contributed by atoms with Crippen LogP contribution in [-0.2, 0) is 5.54 Å². The van der Waals surface area contributed by atoms with Gasteiger partial charge < -0.3 is 15.6 Å². The third-order valence-corrected chi connectivity index (χ3v) is 2.75. The average Bonchev–Trinajstić information content (AvgIpc) is 2.26. The molecule has 0 aliphatic carbocycles. The molecule has 3 N–H and O–H groups in total. The van der Waals surface area contributed by atoms with Crippen LogP contribution in [-0.4, -0.2) is 22.1 Å². The van der Waals surface area contributed by atoms with Crippen LogP contribution in [0.3, 0.4) is 0 Å². The van der Waals surface area contributed by atoms with Crippen LogP contribution in [0.2, 0.25) is 0 Å². The Kier molecular flexibility index (Phi) is 4.90. The number of nitrogens with one attached hydrogen (secondary N) is 1. The molecule has 1 aromatic rings. The summed E-state index contributed by atoms with van der Waals surface area (Å²) in [7, 11) is 0. The van der Waals surface area contributed by atoms with Gasteiger partial charge in [-0.05, 0) is 27.2 Å². The molecule has 1 atom stereocenters. The van der Waals surface area contributed by atoms with Crippen molar-refractivity contribution >= 4 is 5.82 Å². The topological polar surface area (TPSA) is 72.9 Å². The fourth-order valence-electron chi connectivity index (χ4n) is 1.76. The van der Waals surface area contributed by atoms with Crippen molar-refractivity contribution in [1.29, 1.82) is 0 Å². The van der Waals surface area contributed by atoms with E-state index in [-0.39, 0.29) is 17.1 Å². The second-order valence-electron chi connectivity index (χ2n) is 5.55. The van der Waals surface area contributed by atoms with Crippen molar-refractivity contribution in [3.05, 3.63) is 22.7 Å². The molecule has 1 unspecified atom stereocenters. The van der Waals surface area contributed by atoms with Gasteiger partial charge in [0, 0.05) is 30.5 Å². The Morgan fingerprint density at radius 2 is 2.17 bits per heavy atom. The first-order valence-corrected chi connectivity index (χ1v) is 6.44. The fourth-order valence-corrected chi connectivity index (χ4v) is 1.76. The normalized spacial score (nSPS) is 13.4. The Morgan fingerprint density at radius 1 is 1.50 bits per heavy atom. The van der Waals surface area contributed by atoms with Crippen LogP contribution < -0.4 is 16.6 Å². The Morgan fingerprint density at radius 3 is 2.72 bits per heavy atom. The minimum absolute atomic E-state index is 0.0551. The van der Waals surface area contributed by atoms with Crippen LogP contribution in [0.4, 0.5) is 5.82 Å². The highest BCUT2D eigenvalue weighted by molar-refractivity contribution is 5.31. The monoisotopic (exact) mass is 252 g/mol. The highest BCUT2D eigenvalue weighted by Crippen LogP contribution is 2.10. The zero-order chi connectivity index (χ0) is 13.8. The molecule has 1 heterocycles. The number of rotatable bonds is 5. The molecule has 0 aromatic carbocycles. The summed E-state index contributed by atoms with van der Waals surface area (Å²) in [6.07, 6.45) is 5.32. The summed E-state index contributed by atoms with van der Waals surface area (Å²) in [6, 6.07) is 0.0551. The maximum absolute atomic E-state index is 12.2. The third kappa shape index (κ3) is 3.84. The molecule has 1 rings (SSSR count). The van der Waals surface area contributed by atoms with E-state index in [1.54, 1.807) is 17.0 Å². The molecule has 0 aliphatic rings. The Balaban J connectivity index is 2.82. The van der Waals surface area contributed by atoms with E-state index in [2.05, 4.69) is 17.2 Å². The quantitative estimate of drug-likeness (QED) is 0.833. The number of hydrogen-bond donors (Lipinski definition) is 2. The SMILES string of the molecule is CCCC(N)CNc1nccn(C(C)(C)C)c1=O. The first kappa shape index (κ1) is 14.7. The van der Waals surface area contributed by atoms with Crippen molar-refractivity contribution in [1.82, 2.24) is 9.55 Å². The third-order valence-electron chi connectivity index (χ3n) is 2.75. The van der Waals surface area contributed by atoms with E-state index in [9.17, 15) is 4.79 Å². The molecular formula is C13H24N4O. The maximum atomic E-state index is 12.2. The predicted molar refractivity (Wildman–Crippen MR) is 74.9 cm³/mol. The summed E-state index contributed by atoms with van der Waals surface area (Å²) in [5.74, 6) is 0.374. The van der Waals surface area contributed by atoms with E-state index < -0.39 is 0 Å². The number of nitrogens with zero attached hydrogens (tertiary/aromatic N) is 2. The lowest BCUT2D eigenvalue weighted by Gasteiger charge is -2.22. The van der Waals surface area contributed by atoms with Crippen LogP contribution in [0.15, 0.2) is 17.2 Å². The van der Waals surface area contributed by atoms with Gasteiger partial charge in [0.2, 0.25) is 0 Å². The van der Waals surface area contributed by atoms with E-state index in [0.29, 0.717) is 12.4 Å². The van der Waals surface area contributed by atoms with Gasteiger partial charge in [-0.25, -0.2) is 4.98 Å². The highest BCUT2D eigenvalue weighted by Gasteiger charge is 2.16. The van der Waals surface area contributed by atoms with Gasteiger partial charge in [0.05, 0.1) is 0 Å². The van der Waals surface area contributed by atoms with Gasteiger partial charge >= 0.3 is 0 Å². The van der Waals surface area contributed by atoms with E-state index in [1.165, 1.54) is 0 Å². The minimum atomic E-state index is -0.248. The molecule has 5 nitrogen and oxygen atoms in total. The van der Waals surface area contributed by atoms with Crippen LogP contribution >= 0.6 is 0 Å². The van der Waals surface area contributed by atoms with Gasteiger partial charge in [-0.1, -0.05) is 13.3 Å². The van der Waals surface area contributed by atoms with Crippen LogP contribution in [0.1, 0.15) is 40.5 Å². The molecule has 0 radical (unpaired) electrons. The molecule has 0 amide bonds. The maximum Gasteiger partial charge on any atom is 0.293 e. The zero-order valence-corrected chi connectivity index (χ0v) is 11.7. The van der Waals surface area contributed by atoms with Crippen LogP contribution in [0, 0.1) is 0 Å². The fraction of sp³-hybridized carbons (Fsp3) is 0.692. The van der Waals surface area contributed by atoms with Gasteiger partial charge in [-0.2, -0.15) is 0 Å². The largest absolute Gasteiger partial charge is 0.364 e. The summed E-state index contributed by atoms with van der Waals surface area (Å²) in [6.45, 7) is 8.63. The lowest BCUT2D eigenvalue weighted by Crippen LogP contribution is -2.37. The first-order chi connectivity index (χ1) is 8.36. The number of anilines is 1. The van der Waals surface area contributed by atoms with Crippen molar-refractivity contribution in [2.45, 2.75) is 52.1 Å². The van der Waals surface area contributed by atoms with Crippen LogP contribution in [0.25, 0.3) is 0 Å². The van der Waals surface area contributed by atoms with Gasteiger partial charge in [0.25, 0.3) is 5.56 Å². The lowest BCUT2D eigenvalue weighted by atomic mass is 10.1. The molecule has 0 saturated carbocycles. The number of hydrogen-bond acceptors (Lipinski definition) is 4. The molecule has 0 fully saturated rings. The van der Waals surface area contributed by atoms with E-state index in [4.69, 9.17) is 5.73 Å². The highest BCUT2D eigenvalue weighted by atomic mass is 16.1. The van der Waals surface area contributed by atoms with Gasteiger partial charge in [-0.15, -0.1) is 0 Å². The van der Waals surface area contributed by atoms with Gasteiger partial charge in [0.1, 0.15) is 0 Å². The molecule has 0 saturated heterocycles. The van der Waals surface area contributed by atoms with Crippen molar-refractivity contribution in [2.75, 3.05) is 11.9 Å². The molecule has 0 bridgehead atoms. The summed E-state index contributed by atoms with van der Waals surface area (Å²) in [5.41, 5.74) is 5.56. The van der Waals surface area contributed by atoms with E-state index in [0.717, 1.165) is 12.8 Å². The zero-order valence-electron chi connectivity index (χ0n) is 11.7. The van der Waals surface area contributed by atoms with Crippen LogP contribution in [0.5, 0.6) is 0 Å². The molecule has 102 valence electrons. The summed E-state index contributed by atoms with van der Waals surface area (Å²) >= 11 is 0. The van der Waals surface area contributed by atoms with Crippen molar-refractivity contribution < 1.29 is 0 Å². The number of nitrogens with two attached hydrogens (primary N) is 1. The second kappa shape index (κ2) is 6.00.